The molecule has 0 unspecified atom stereocenters. The molecule has 0 saturated carbocycles. The predicted molar refractivity (Wildman–Crippen MR) is 99.6 cm³/mol. The zero-order valence-corrected chi connectivity index (χ0v) is 15.4. The lowest BCUT2D eigenvalue weighted by atomic mass is 10.1. The number of carbonyl (C=O) groups excluding carboxylic acids is 1. The Bertz CT molecular complexity index is 1030. The van der Waals surface area contributed by atoms with E-state index in [0.29, 0.717) is 18.7 Å². The third kappa shape index (κ3) is 3.38. The first-order chi connectivity index (χ1) is 13.0. The second kappa shape index (κ2) is 7.00. The number of aryl methyl sites for hydroxylation is 2. The Hall–Kier alpha value is -2.93. The number of hydrogen-bond donors (Lipinski definition) is 0. The Morgan fingerprint density at radius 2 is 1.89 bits per heavy atom. The fourth-order valence-corrected chi connectivity index (χ4v) is 3.44. The molecule has 1 aromatic carbocycles. The van der Waals surface area contributed by atoms with Crippen LogP contribution in [-0.4, -0.2) is 47.0 Å². The molecule has 1 aliphatic heterocycles. The summed E-state index contributed by atoms with van der Waals surface area (Å²) >= 11 is 0. The van der Waals surface area contributed by atoms with Gasteiger partial charge in [0.2, 0.25) is 0 Å². The Kier molecular flexibility index (Phi) is 4.53. The van der Waals surface area contributed by atoms with Gasteiger partial charge < -0.3 is 13.8 Å². The van der Waals surface area contributed by atoms with Crippen molar-refractivity contribution < 1.29 is 13.7 Å². The number of benzene rings is 1. The summed E-state index contributed by atoms with van der Waals surface area (Å²) < 4.78 is 10.5. The van der Waals surface area contributed by atoms with E-state index >= 15 is 0 Å². The van der Waals surface area contributed by atoms with E-state index in [1.54, 1.807) is 23.1 Å². The van der Waals surface area contributed by atoms with E-state index in [1.165, 1.54) is 0 Å². The number of hydrogen-bond acceptors (Lipinski definition) is 6. The maximum atomic E-state index is 12.8. The summed E-state index contributed by atoms with van der Waals surface area (Å²) in [6.07, 6.45) is 0. The van der Waals surface area contributed by atoms with Gasteiger partial charge in [0.1, 0.15) is 16.9 Å². The molecular formula is C20H21N3O4. The van der Waals surface area contributed by atoms with E-state index in [0.717, 1.165) is 42.0 Å². The topological polar surface area (TPSA) is 79.8 Å². The molecule has 2 aromatic heterocycles. The van der Waals surface area contributed by atoms with Crippen molar-refractivity contribution in [3.8, 4) is 0 Å². The Morgan fingerprint density at radius 3 is 2.59 bits per heavy atom. The lowest BCUT2D eigenvalue weighted by Gasteiger charge is -2.34. The maximum Gasteiger partial charge on any atom is 0.349 e. The molecular weight excluding hydrogens is 346 g/mol. The fraction of sp³-hybridized carbons (Fsp3) is 0.350. The number of nitrogens with zero attached hydrogens (tertiary/aromatic N) is 3. The molecule has 7 nitrogen and oxygen atoms in total. The number of piperazine rings is 1. The summed E-state index contributed by atoms with van der Waals surface area (Å²) in [6.45, 7) is 7.19. The molecule has 0 spiro atoms. The molecule has 0 aliphatic carbocycles. The quantitative estimate of drug-likeness (QED) is 0.661. The SMILES string of the molecule is Cc1noc(C)c1CN1CCN(C(=O)c2cc3ccccc3oc2=O)CC1. The van der Waals surface area contributed by atoms with Crippen molar-refractivity contribution in [3.63, 3.8) is 0 Å². The van der Waals surface area contributed by atoms with Gasteiger partial charge in [-0.05, 0) is 26.0 Å². The number of rotatable bonds is 3. The summed E-state index contributed by atoms with van der Waals surface area (Å²) in [5.74, 6) is 0.561. The van der Waals surface area contributed by atoms with Crippen LogP contribution in [0, 0.1) is 13.8 Å². The normalized spacial score (nSPS) is 15.4. The highest BCUT2D eigenvalue weighted by Gasteiger charge is 2.26. The molecule has 1 saturated heterocycles. The van der Waals surface area contributed by atoms with Crippen molar-refractivity contribution in [2.75, 3.05) is 26.2 Å². The summed E-state index contributed by atoms with van der Waals surface area (Å²) in [6, 6.07) is 8.82. The van der Waals surface area contributed by atoms with Crippen LogP contribution >= 0.6 is 0 Å². The maximum absolute atomic E-state index is 12.8. The van der Waals surface area contributed by atoms with Crippen LogP contribution in [0.2, 0.25) is 0 Å². The van der Waals surface area contributed by atoms with Crippen LogP contribution in [0.15, 0.2) is 44.1 Å². The molecule has 0 atom stereocenters. The second-order valence-electron chi connectivity index (χ2n) is 6.86. The van der Waals surface area contributed by atoms with E-state index < -0.39 is 5.63 Å². The van der Waals surface area contributed by atoms with Crippen molar-refractivity contribution in [1.29, 1.82) is 0 Å². The molecule has 0 N–H and O–H groups in total. The van der Waals surface area contributed by atoms with E-state index in [9.17, 15) is 9.59 Å². The van der Waals surface area contributed by atoms with E-state index in [2.05, 4.69) is 10.1 Å². The van der Waals surface area contributed by atoms with Crippen molar-refractivity contribution in [1.82, 2.24) is 15.0 Å². The molecule has 3 aromatic rings. The van der Waals surface area contributed by atoms with E-state index in [-0.39, 0.29) is 11.5 Å². The molecule has 3 heterocycles. The number of para-hydroxylation sites is 1. The van der Waals surface area contributed by atoms with Crippen LogP contribution in [0.3, 0.4) is 0 Å². The van der Waals surface area contributed by atoms with E-state index in [1.807, 2.05) is 26.0 Å². The molecule has 1 fully saturated rings. The molecule has 140 valence electrons. The third-order valence-electron chi connectivity index (χ3n) is 5.09. The molecule has 0 radical (unpaired) electrons. The highest BCUT2D eigenvalue weighted by molar-refractivity contribution is 5.96. The minimum atomic E-state index is -0.586. The summed E-state index contributed by atoms with van der Waals surface area (Å²) in [4.78, 5) is 29.0. The average Bonchev–Trinajstić information content (AvgIpc) is 2.99. The molecule has 1 amide bonds. The standard InChI is InChI=1S/C20H21N3O4/c1-13-17(14(2)27-21-13)12-22-7-9-23(10-8-22)19(24)16-11-15-5-3-4-6-18(15)26-20(16)25/h3-6,11H,7-10,12H2,1-2H3. The second-order valence-corrected chi connectivity index (χ2v) is 6.86. The van der Waals surface area contributed by atoms with Gasteiger partial charge in [0.15, 0.2) is 0 Å². The lowest BCUT2D eigenvalue weighted by Crippen LogP contribution is -2.49. The van der Waals surface area contributed by atoms with Crippen LogP contribution in [-0.2, 0) is 6.54 Å². The average molecular weight is 367 g/mol. The number of fused-ring (bicyclic) bond motifs is 1. The highest BCUT2D eigenvalue weighted by atomic mass is 16.5. The number of aromatic nitrogens is 1. The first-order valence-corrected chi connectivity index (χ1v) is 8.99. The van der Waals surface area contributed by atoms with Gasteiger partial charge in [0.25, 0.3) is 5.91 Å². The van der Waals surface area contributed by atoms with Gasteiger partial charge in [-0.2, -0.15) is 0 Å². The minimum Gasteiger partial charge on any atom is -0.422 e. The van der Waals surface area contributed by atoms with Gasteiger partial charge in [-0.15, -0.1) is 0 Å². The smallest absolute Gasteiger partial charge is 0.349 e. The van der Waals surface area contributed by atoms with Gasteiger partial charge in [-0.25, -0.2) is 4.79 Å². The Balaban J connectivity index is 1.46. The van der Waals surface area contributed by atoms with Gasteiger partial charge in [0.05, 0.1) is 5.69 Å². The zero-order valence-electron chi connectivity index (χ0n) is 15.4. The van der Waals surface area contributed by atoms with Crippen LogP contribution in [0.4, 0.5) is 0 Å². The Labute approximate surface area is 156 Å². The van der Waals surface area contributed by atoms with Crippen LogP contribution in [0.1, 0.15) is 27.4 Å². The molecule has 1 aliphatic rings. The monoisotopic (exact) mass is 367 g/mol. The predicted octanol–water partition coefficient (Wildman–Crippen LogP) is 2.36. The number of carbonyl (C=O) groups is 1. The zero-order chi connectivity index (χ0) is 19.0. The Morgan fingerprint density at radius 1 is 1.15 bits per heavy atom. The molecule has 27 heavy (non-hydrogen) atoms. The summed E-state index contributed by atoms with van der Waals surface area (Å²) in [7, 11) is 0. The van der Waals surface area contributed by atoms with Crippen molar-refractivity contribution in [2.45, 2.75) is 20.4 Å². The molecule has 0 bridgehead atoms. The molecule has 7 heteroatoms. The third-order valence-corrected chi connectivity index (χ3v) is 5.09. The van der Waals surface area contributed by atoms with Gasteiger partial charge in [0, 0.05) is 43.7 Å². The largest absolute Gasteiger partial charge is 0.422 e. The first-order valence-electron chi connectivity index (χ1n) is 8.99. The van der Waals surface area contributed by atoms with Crippen molar-refractivity contribution in [2.24, 2.45) is 0 Å². The highest BCUT2D eigenvalue weighted by Crippen LogP contribution is 2.18. The lowest BCUT2D eigenvalue weighted by molar-refractivity contribution is 0.0623. The minimum absolute atomic E-state index is 0.0906. The fourth-order valence-electron chi connectivity index (χ4n) is 3.44. The van der Waals surface area contributed by atoms with Gasteiger partial charge >= 0.3 is 5.63 Å². The summed E-state index contributed by atoms with van der Waals surface area (Å²) in [5.41, 5.74) is 2.00. The van der Waals surface area contributed by atoms with Crippen molar-refractivity contribution >= 4 is 16.9 Å². The molecule has 4 rings (SSSR count). The summed E-state index contributed by atoms with van der Waals surface area (Å²) in [5, 5.41) is 4.74. The van der Waals surface area contributed by atoms with Crippen molar-refractivity contribution in [3.05, 3.63) is 63.3 Å². The van der Waals surface area contributed by atoms with Crippen LogP contribution < -0.4 is 5.63 Å². The van der Waals surface area contributed by atoms with Crippen LogP contribution in [0.5, 0.6) is 0 Å². The number of amides is 1. The van der Waals surface area contributed by atoms with Gasteiger partial charge in [-0.1, -0.05) is 23.4 Å². The van der Waals surface area contributed by atoms with Gasteiger partial charge in [-0.3, -0.25) is 9.69 Å². The first kappa shape index (κ1) is 17.5. The van der Waals surface area contributed by atoms with Crippen LogP contribution in [0.25, 0.3) is 11.0 Å². The van der Waals surface area contributed by atoms with E-state index in [4.69, 9.17) is 8.94 Å².